The molecule has 3 nitrogen and oxygen atoms in total. The molecule has 0 radical (unpaired) electrons. The molecule has 0 aliphatic rings. The summed E-state index contributed by atoms with van der Waals surface area (Å²) in [7, 11) is 0. The number of aliphatic hydroxyl groups excluding tert-OH is 1. The Kier molecular flexibility index (Phi) is 9.49. The van der Waals surface area contributed by atoms with Gasteiger partial charge in [-0.3, -0.25) is 4.90 Å². The minimum absolute atomic E-state index is 0.0610. The minimum Gasteiger partial charge on any atom is -0.395 e. The maximum absolute atomic E-state index is 12.6. The lowest BCUT2D eigenvalue weighted by atomic mass is 9.81. The highest BCUT2D eigenvalue weighted by molar-refractivity contribution is 4.84. The van der Waals surface area contributed by atoms with E-state index in [2.05, 4.69) is 19.2 Å². The van der Waals surface area contributed by atoms with Gasteiger partial charge in [0.1, 0.15) is 0 Å². The molecule has 0 aromatic rings. The van der Waals surface area contributed by atoms with Crippen LogP contribution < -0.4 is 5.32 Å². The van der Waals surface area contributed by atoms with E-state index >= 15 is 0 Å². The van der Waals surface area contributed by atoms with Crippen molar-refractivity contribution in [1.29, 1.82) is 0 Å². The van der Waals surface area contributed by atoms with Gasteiger partial charge in [-0.2, -0.15) is 13.2 Å². The van der Waals surface area contributed by atoms with Crippen LogP contribution in [0.2, 0.25) is 0 Å². The van der Waals surface area contributed by atoms with Crippen molar-refractivity contribution in [3.05, 3.63) is 0 Å². The predicted octanol–water partition coefficient (Wildman–Crippen LogP) is 2.90. The quantitative estimate of drug-likeness (QED) is 0.616. The summed E-state index contributed by atoms with van der Waals surface area (Å²) in [5.41, 5.74) is -0.185. The van der Waals surface area contributed by atoms with Crippen LogP contribution in [-0.2, 0) is 0 Å². The van der Waals surface area contributed by atoms with Gasteiger partial charge < -0.3 is 10.4 Å². The van der Waals surface area contributed by atoms with Crippen LogP contribution in [-0.4, -0.2) is 55.5 Å². The van der Waals surface area contributed by atoms with Crippen molar-refractivity contribution in [2.45, 2.75) is 46.7 Å². The number of nitrogens with one attached hydrogen (secondary N) is 1. The molecule has 0 spiro atoms. The van der Waals surface area contributed by atoms with Gasteiger partial charge in [0.2, 0.25) is 0 Å². The van der Waals surface area contributed by atoms with Crippen LogP contribution in [0.5, 0.6) is 0 Å². The number of hydrogen-bond acceptors (Lipinski definition) is 3. The van der Waals surface area contributed by atoms with E-state index in [0.717, 1.165) is 19.4 Å². The van der Waals surface area contributed by atoms with Crippen molar-refractivity contribution >= 4 is 0 Å². The lowest BCUT2D eigenvalue weighted by Crippen LogP contribution is -2.47. The van der Waals surface area contributed by atoms with Crippen molar-refractivity contribution in [3.63, 3.8) is 0 Å². The first kappa shape index (κ1) is 20.7. The van der Waals surface area contributed by atoms with E-state index in [1.807, 2.05) is 13.8 Å². The van der Waals surface area contributed by atoms with Crippen LogP contribution in [0, 0.1) is 11.3 Å². The van der Waals surface area contributed by atoms with Crippen LogP contribution in [0.15, 0.2) is 0 Å². The van der Waals surface area contributed by atoms with Crippen molar-refractivity contribution in [2.75, 3.05) is 39.3 Å². The van der Waals surface area contributed by atoms with Gasteiger partial charge in [0.15, 0.2) is 0 Å². The van der Waals surface area contributed by atoms with Crippen molar-refractivity contribution in [1.82, 2.24) is 10.2 Å². The van der Waals surface area contributed by atoms with Gasteiger partial charge in [0.25, 0.3) is 0 Å². The minimum atomic E-state index is -4.23. The Balaban J connectivity index is 4.73. The monoisotopic (exact) mass is 312 g/mol. The second-order valence-corrected chi connectivity index (χ2v) is 6.28. The third-order valence-corrected chi connectivity index (χ3v) is 3.93. The fraction of sp³-hybridized carbons (Fsp3) is 1.00. The van der Waals surface area contributed by atoms with Gasteiger partial charge in [0, 0.05) is 19.6 Å². The summed E-state index contributed by atoms with van der Waals surface area (Å²) < 4.78 is 37.9. The highest BCUT2D eigenvalue weighted by atomic mass is 19.4. The molecule has 21 heavy (non-hydrogen) atoms. The topological polar surface area (TPSA) is 35.5 Å². The van der Waals surface area contributed by atoms with Gasteiger partial charge in [-0.1, -0.05) is 27.7 Å². The second kappa shape index (κ2) is 9.64. The number of aliphatic hydroxyl groups is 1. The lowest BCUT2D eigenvalue weighted by molar-refractivity contribution is -0.150. The molecule has 0 fully saturated rings. The summed E-state index contributed by atoms with van der Waals surface area (Å²) in [4.78, 5) is 1.32. The number of rotatable bonds is 11. The van der Waals surface area contributed by atoms with Crippen molar-refractivity contribution < 1.29 is 18.3 Å². The third kappa shape index (κ3) is 9.32. The molecule has 128 valence electrons. The molecule has 0 bridgehead atoms. The van der Waals surface area contributed by atoms with E-state index in [1.165, 1.54) is 4.90 Å². The number of hydrogen-bond donors (Lipinski definition) is 2. The van der Waals surface area contributed by atoms with Gasteiger partial charge >= 0.3 is 6.18 Å². The molecular weight excluding hydrogens is 281 g/mol. The summed E-state index contributed by atoms with van der Waals surface area (Å²) in [6.45, 7) is 9.02. The average molecular weight is 312 g/mol. The number of alkyl halides is 3. The molecule has 0 aliphatic heterocycles. The van der Waals surface area contributed by atoms with Gasteiger partial charge in [-0.15, -0.1) is 0 Å². The molecule has 0 saturated carbocycles. The summed E-state index contributed by atoms with van der Waals surface area (Å²) in [5.74, 6) is 0.514. The largest absolute Gasteiger partial charge is 0.401 e. The molecule has 2 N–H and O–H groups in total. The van der Waals surface area contributed by atoms with E-state index in [9.17, 15) is 13.2 Å². The van der Waals surface area contributed by atoms with Crippen LogP contribution in [0.3, 0.4) is 0 Å². The zero-order valence-electron chi connectivity index (χ0n) is 13.8. The summed E-state index contributed by atoms with van der Waals surface area (Å²) in [5, 5.41) is 12.4. The maximum atomic E-state index is 12.6. The SMILES string of the molecule is CCC(CC)(CNCC(C)C)CN(CCO)CC(F)(F)F. The lowest BCUT2D eigenvalue weighted by Gasteiger charge is -2.38. The van der Waals surface area contributed by atoms with Crippen LogP contribution in [0.25, 0.3) is 0 Å². The molecule has 0 atom stereocenters. The first-order valence-corrected chi connectivity index (χ1v) is 7.78. The van der Waals surface area contributed by atoms with Crippen molar-refractivity contribution in [3.8, 4) is 0 Å². The summed E-state index contributed by atoms with van der Waals surface area (Å²) in [6, 6.07) is 0. The normalized spacial score (nSPS) is 13.4. The van der Waals surface area contributed by atoms with Crippen LogP contribution in [0.4, 0.5) is 13.2 Å². The molecule has 0 aliphatic carbocycles. The Morgan fingerprint density at radius 2 is 1.67 bits per heavy atom. The second-order valence-electron chi connectivity index (χ2n) is 6.28. The number of halogens is 3. The van der Waals surface area contributed by atoms with Crippen LogP contribution >= 0.6 is 0 Å². The zero-order valence-corrected chi connectivity index (χ0v) is 13.8. The highest BCUT2D eigenvalue weighted by Crippen LogP contribution is 2.28. The van der Waals surface area contributed by atoms with E-state index in [0.29, 0.717) is 19.0 Å². The van der Waals surface area contributed by atoms with E-state index in [1.54, 1.807) is 0 Å². The number of nitrogens with zero attached hydrogens (tertiary/aromatic N) is 1. The van der Waals surface area contributed by atoms with Gasteiger partial charge in [-0.25, -0.2) is 0 Å². The first-order valence-electron chi connectivity index (χ1n) is 7.78. The standard InChI is InChI=1S/C15H31F3N2O/c1-5-14(6-2,10-19-9-13(3)4)11-20(7-8-21)12-15(16,17)18/h13,19,21H,5-12H2,1-4H3. The Bertz CT molecular complexity index is 266. The smallest absolute Gasteiger partial charge is 0.395 e. The van der Waals surface area contributed by atoms with E-state index in [4.69, 9.17) is 5.11 Å². The Hall–Kier alpha value is -0.330. The fourth-order valence-corrected chi connectivity index (χ4v) is 2.49. The maximum Gasteiger partial charge on any atom is 0.401 e. The molecule has 0 amide bonds. The predicted molar refractivity (Wildman–Crippen MR) is 80.3 cm³/mol. The van der Waals surface area contributed by atoms with Crippen molar-refractivity contribution in [2.24, 2.45) is 11.3 Å². The third-order valence-electron chi connectivity index (χ3n) is 3.93. The Morgan fingerprint density at radius 3 is 2.05 bits per heavy atom. The molecular formula is C15H31F3N2O. The molecule has 0 rings (SSSR count). The molecule has 0 saturated heterocycles. The van der Waals surface area contributed by atoms with Crippen LogP contribution in [0.1, 0.15) is 40.5 Å². The zero-order chi connectivity index (χ0) is 16.5. The summed E-state index contributed by atoms with van der Waals surface area (Å²) >= 11 is 0. The van der Waals surface area contributed by atoms with E-state index < -0.39 is 12.7 Å². The Labute approximate surface area is 126 Å². The van der Waals surface area contributed by atoms with E-state index in [-0.39, 0.29) is 18.6 Å². The molecule has 0 unspecified atom stereocenters. The molecule has 6 heteroatoms. The van der Waals surface area contributed by atoms with Gasteiger partial charge in [-0.05, 0) is 30.7 Å². The molecule has 0 heterocycles. The molecule has 0 aromatic carbocycles. The first-order chi connectivity index (χ1) is 9.68. The summed E-state index contributed by atoms with van der Waals surface area (Å²) in [6.07, 6.45) is -2.60. The van der Waals surface area contributed by atoms with Gasteiger partial charge in [0.05, 0.1) is 13.2 Å². The average Bonchev–Trinajstić information content (AvgIpc) is 2.35. The Morgan fingerprint density at radius 1 is 1.10 bits per heavy atom. The molecule has 0 aromatic heterocycles. The fourth-order valence-electron chi connectivity index (χ4n) is 2.49. The highest BCUT2D eigenvalue weighted by Gasteiger charge is 2.35.